The van der Waals surface area contributed by atoms with E-state index in [1.54, 1.807) is 12.1 Å². The quantitative estimate of drug-likeness (QED) is 0.849. The van der Waals surface area contributed by atoms with Gasteiger partial charge in [-0.2, -0.15) is 0 Å². The molecular weight excluding hydrogens is 246 g/mol. The van der Waals surface area contributed by atoms with Gasteiger partial charge in [-0.15, -0.1) is 12.4 Å². The van der Waals surface area contributed by atoms with Crippen LogP contribution in [-0.2, 0) is 4.74 Å². The summed E-state index contributed by atoms with van der Waals surface area (Å²) in [6.07, 6.45) is 0.261. The fourth-order valence-electron chi connectivity index (χ4n) is 1.63. The summed E-state index contributed by atoms with van der Waals surface area (Å²) >= 11 is 0. The van der Waals surface area contributed by atoms with E-state index in [-0.39, 0.29) is 24.0 Å². The molecule has 1 fully saturated rings. The van der Waals surface area contributed by atoms with Gasteiger partial charge >= 0.3 is 12.1 Å². The number of carbonyl (C=O) groups is 2. The minimum atomic E-state index is -0.956. The Morgan fingerprint density at radius 2 is 2.00 bits per heavy atom. The van der Waals surface area contributed by atoms with E-state index in [0.717, 1.165) is 5.56 Å². The maximum Gasteiger partial charge on any atom is 0.407 e. The van der Waals surface area contributed by atoms with Gasteiger partial charge in [-0.3, -0.25) is 0 Å². The van der Waals surface area contributed by atoms with Gasteiger partial charge in [0, 0.05) is 6.42 Å². The molecule has 1 saturated heterocycles. The normalized spacial score (nSPS) is 18.6. The van der Waals surface area contributed by atoms with Crippen LogP contribution in [0.5, 0.6) is 0 Å². The monoisotopic (exact) mass is 257 g/mol. The molecule has 92 valence electrons. The maximum absolute atomic E-state index is 11.0. The third-order valence-corrected chi connectivity index (χ3v) is 2.49. The number of carboxylic acids is 1. The first-order valence-corrected chi connectivity index (χ1v) is 4.93. The van der Waals surface area contributed by atoms with Gasteiger partial charge in [-0.25, -0.2) is 9.59 Å². The summed E-state index contributed by atoms with van der Waals surface area (Å²) in [6.45, 7) is 0.386. The SMILES string of the molecule is Cl.O=C1N[C@H](c2ccc(C(=O)O)cc2)CCO1. The number of alkyl carbamates (subject to hydrolysis) is 1. The number of hydrogen-bond acceptors (Lipinski definition) is 3. The second-order valence-corrected chi connectivity index (χ2v) is 3.55. The number of hydrogen-bond donors (Lipinski definition) is 2. The van der Waals surface area contributed by atoms with Crippen LogP contribution in [0, 0.1) is 0 Å². The Kier molecular flexibility index (Phi) is 4.34. The lowest BCUT2D eigenvalue weighted by atomic mass is 10.0. The van der Waals surface area contributed by atoms with E-state index in [2.05, 4.69) is 5.32 Å². The van der Waals surface area contributed by atoms with Crippen molar-refractivity contribution < 1.29 is 19.4 Å². The molecule has 6 heteroatoms. The molecule has 0 aliphatic carbocycles. The minimum absolute atomic E-state index is 0. The van der Waals surface area contributed by atoms with Crippen molar-refractivity contribution in [3.8, 4) is 0 Å². The van der Waals surface area contributed by atoms with Gasteiger partial charge in [0.05, 0.1) is 18.2 Å². The fraction of sp³-hybridized carbons (Fsp3) is 0.273. The molecule has 1 amide bonds. The summed E-state index contributed by atoms with van der Waals surface area (Å²) in [7, 11) is 0. The summed E-state index contributed by atoms with van der Waals surface area (Å²) in [4.78, 5) is 21.6. The Balaban J connectivity index is 0.00000144. The zero-order valence-corrected chi connectivity index (χ0v) is 9.70. The zero-order chi connectivity index (χ0) is 11.5. The molecule has 1 aliphatic heterocycles. The van der Waals surface area contributed by atoms with Crippen molar-refractivity contribution in [3.63, 3.8) is 0 Å². The molecule has 1 heterocycles. The largest absolute Gasteiger partial charge is 0.478 e. The summed E-state index contributed by atoms with van der Waals surface area (Å²) < 4.78 is 4.75. The number of cyclic esters (lactones) is 1. The zero-order valence-electron chi connectivity index (χ0n) is 8.88. The number of benzene rings is 1. The van der Waals surface area contributed by atoms with Crippen molar-refractivity contribution in [1.29, 1.82) is 0 Å². The highest BCUT2D eigenvalue weighted by atomic mass is 35.5. The average Bonchev–Trinajstić information content (AvgIpc) is 2.29. The number of carbonyl (C=O) groups excluding carboxylic acids is 1. The van der Waals surface area contributed by atoms with E-state index in [0.29, 0.717) is 13.0 Å². The number of rotatable bonds is 2. The van der Waals surface area contributed by atoms with Crippen LogP contribution >= 0.6 is 12.4 Å². The molecule has 0 aromatic heterocycles. The van der Waals surface area contributed by atoms with Gasteiger partial charge in [-0.05, 0) is 17.7 Å². The highest BCUT2D eigenvalue weighted by Gasteiger charge is 2.20. The molecule has 2 rings (SSSR count). The third-order valence-electron chi connectivity index (χ3n) is 2.49. The van der Waals surface area contributed by atoms with E-state index in [1.165, 1.54) is 12.1 Å². The van der Waals surface area contributed by atoms with Crippen LogP contribution in [0.25, 0.3) is 0 Å². The van der Waals surface area contributed by atoms with E-state index in [1.807, 2.05) is 0 Å². The van der Waals surface area contributed by atoms with Gasteiger partial charge in [0.1, 0.15) is 0 Å². The van der Waals surface area contributed by atoms with Crippen molar-refractivity contribution in [3.05, 3.63) is 35.4 Å². The van der Waals surface area contributed by atoms with Crippen molar-refractivity contribution in [2.24, 2.45) is 0 Å². The van der Waals surface area contributed by atoms with Crippen LogP contribution in [-0.4, -0.2) is 23.8 Å². The predicted octanol–water partition coefficient (Wildman–Crippen LogP) is 1.98. The molecule has 2 N–H and O–H groups in total. The molecule has 1 aliphatic rings. The summed E-state index contributed by atoms with van der Waals surface area (Å²) in [5.41, 5.74) is 1.13. The van der Waals surface area contributed by atoms with Gasteiger partial charge in [0.15, 0.2) is 0 Å². The number of halogens is 1. The molecular formula is C11H12ClNO4. The van der Waals surface area contributed by atoms with E-state index >= 15 is 0 Å². The third kappa shape index (κ3) is 3.10. The van der Waals surface area contributed by atoms with E-state index in [9.17, 15) is 9.59 Å². The van der Waals surface area contributed by atoms with E-state index in [4.69, 9.17) is 9.84 Å². The van der Waals surface area contributed by atoms with Gasteiger partial charge in [0.25, 0.3) is 0 Å². The Hall–Kier alpha value is -1.75. The molecule has 0 saturated carbocycles. The van der Waals surface area contributed by atoms with Gasteiger partial charge < -0.3 is 15.2 Å². The first-order valence-electron chi connectivity index (χ1n) is 4.93. The number of nitrogens with one attached hydrogen (secondary N) is 1. The second kappa shape index (κ2) is 5.54. The average molecular weight is 258 g/mol. The number of ether oxygens (including phenoxy) is 1. The smallest absolute Gasteiger partial charge is 0.407 e. The maximum atomic E-state index is 11.0. The fourth-order valence-corrected chi connectivity index (χ4v) is 1.63. The number of carboxylic acid groups (broad SMARTS) is 1. The Bertz CT molecular complexity index is 418. The summed E-state index contributed by atoms with van der Waals surface area (Å²) in [5.74, 6) is -0.956. The van der Waals surface area contributed by atoms with Crippen LogP contribution in [0.3, 0.4) is 0 Å². The minimum Gasteiger partial charge on any atom is -0.478 e. The topological polar surface area (TPSA) is 75.6 Å². The van der Waals surface area contributed by atoms with Gasteiger partial charge in [-0.1, -0.05) is 12.1 Å². The van der Waals surface area contributed by atoms with Crippen LogP contribution < -0.4 is 5.32 Å². The van der Waals surface area contributed by atoms with Crippen molar-refractivity contribution in [2.45, 2.75) is 12.5 Å². The predicted molar refractivity (Wildman–Crippen MR) is 62.5 cm³/mol. The lowest BCUT2D eigenvalue weighted by Crippen LogP contribution is -2.35. The standard InChI is InChI=1S/C11H11NO4.ClH/c13-10(14)8-3-1-7(2-4-8)9-5-6-16-11(15)12-9;/h1-4,9H,5-6H2,(H,12,15)(H,13,14);1H/t9-;/m0./s1. The molecule has 17 heavy (non-hydrogen) atoms. The molecule has 0 spiro atoms. The summed E-state index contributed by atoms with van der Waals surface area (Å²) in [6, 6.07) is 6.38. The molecule has 0 unspecified atom stereocenters. The van der Waals surface area contributed by atoms with Crippen molar-refractivity contribution in [1.82, 2.24) is 5.32 Å². The lowest BCUT2D eigenvalue weighted by molar-refractivity contribution is 0.0696. The summed E-state index contributed by atoms with van der Waals surface area (Å²) in [5, 5.41) is 11.4. The molecule has 0 radical (unpaired) electrons. The molecule has 0 bridgehead atoms. The highest BCUT2D eigenvalue weighted by molar-refractivity contribution is 5.87. The molecule has 5 nitrogen and oxygen atoms in total. The highest BCUT2D eigenvalue weighted by Crippen LogP contribution is 2.20. The Labute approximate surface area is 104 Å². The lowest BCUT2D eigenvalue weighted by Gasteiger charge is -2.23. The van der Waals surface area contributed by atoms with Crippen LogP contribution in [0.2, 0.25) is 0 Å². The Morgan fingerprint density at radius 3 is 2.53 bits per heavy atom. The first kappa shape index (κ1) is 13.3. The first-order chi connectivity index (χ1) is 7.66. The molecule has 1 aromatic carbocycles. The van der Waals surface area contributed by atoms with Crippen molar-refractivity contribution in [2.75, 3.05) is 6.61 Å². The second-order valence-electron chi connectivity index (χ2n) is 3.55. The van der Waals surface area contributed by atoms with Crippen LogP contribution in [0.1, 0.15) is 28.4 Å². The molecule has 1 aromatic rings. The van der Waals surface area contributed by atoms with Crippen molar-refractivity contribution >= 4 is 24.5 Å². The number of aromatic carboxylic acids is 1. The van der Waals surface area contributed by atoms with Gasteiger partial charge in [0.2, 0.25) is 0 Å². The number of amides is 1. The molecule has 1 atom stereocenters. The van der Waals surface area contributed by atoms with Crippen LogP contribution in [0.4, 0.5) is 4.79 Å². The van der Waals surface area contributed by atoms with E-state index < -0.39 is 12.1 Å². The Morgan fingerprint density at radius 1 is 1.35 bits per heavy atom. The van der Waals surface area contributed by atoms with Crippen LogP contribution in [0.15, 0.2) is 24.3 Å².